The summed E-state index contributed by atoms with van der Waals surface area (Å²) in [5.41, 5.74) is 1.97. The maximum absolute atomic E-state index is 12.6. The monoisotopic (exact) mass is 363 g/mol. The molecule has 0 aliphatic carbocycles. The van der Waals surface area contributed by atoms with Gasteiger partial charge < -0.3 is 14.8 Å². The number of carbonyl (C=O) groups excluding carboxylic acids is 2. The summed E-state index contributed by atoms with van der Waals surface area (Å²) in [6.45, 7) is 3.47. The van der Waals surface area contributed by atoms with Crippen LogP contribution in [0.3, 0.4) is 0 Å². The maximum atomic E-state index is 12.6. The molecule has 1 N–H and O–H groups in total. The van der Waals surface area contributed by atoms with Crippen LogP contribution in [-0.4, -0.2) is 25.1 Å². The Morgan fingerprint density at radius 3 is 2.33 bits per heavy atom. The zero-order chi connectivity index (χ0) is 19.4. The normalized spacial score (nSPS) is 11.7. The fraction of sp³-hybridized carbons (Fsp3) is 0.182. The average molecular weight is 363 g/mol. The van der Waals surface area contributed by atoms with Gasteiger partial charge in [-0.05, 0) is 54.4 Å². The van der Waals surface area contributed by atoms with E-state index in [1.165, 1.54) is 14.0 Å². The van der Waals surface area contributed by atoms with E-state index in [9.17, 15) is 9.59 Å². The van der Waals surface area contributed by atoms with Crippen LogP contribution < -0.4 is 10.1 Å². The number of carbonyl (C=O) groups is 2. The van der Waals surface area contributed by atoms with E-state index in [2.05, 4.69) is 5.32 Å². The number of hydrogen-bond donors (Lipinski definition) is 1. The molecule has 3 aromatic carbocycles. The second-order valence-corrected chi connectivity index (χ2v) is 6.31. The van der Waals surface area contributed by atoms with Crippen molar-refractivity contribution < 1.29 is 19.1 Å². The summed E-state index contributed by atoms with van der Waals surface area (Å²) >= 11 is 0. The maximum Gasteiger partial charge on any atom is 0.342 e. The molecule has 1 unspecified atom stereocenters. The molecule has 5 heteroatoms. The molecular weight excluding hydrogens is 342 g/mol. The number of esters is 1. The zero-order valence-corrected chi connectivity index (χ0v) is 15.5. The molecule has 0 spiro atoms. The van der Waals surface area contributed by atoms with Crippen molar-refractivity contribution in [2.75, 3.05) is 12.4 Å². The topological polar surface area (TPSA) is 64.6 Å². The smallest absolute Gasteiger partial charge is 0.342 e. The van der Waals surface area contributed by atoms with Crippen molar-refractivity contribution >= 4 is 28.3 Å². The van der Waals surface area contributed by atoms with Gasteiger partial charge in [0, 0.05) is 5.69 Å². The SMILES string of the molecule is COc1cc2ccccc2cc1C(=O)OC(C)C(=O)Nc1cccc(C)c1. The Morgan fingerprint density at radius 2 is 1.67 bits per heavy atom. The third-order valence-electron chi connectivity index (χ3n) is 4.23. The Labute approximate surface area is 157 Å². The van der Waals surface area contributed by atoms with Gasteiger partial charge in [0.05, 0.1) is 7.11 Å². The predicted octanol–water partition coefficient (Wildman–Crippen LogP) is 4.34. The van der Waals surface area contributed by atoms with Gasteiger partial charge in [0.1, 0.15) is 11.3 Å². The van der Waals surface area contributed by atoms with E-state index in [1.54, 1.807) is 18.2 Å². The minimum atomic E-state index is -0.950. The Morgan fingerprint density at radius 1 is 0.963 bits per heavy atom. The van der Waals surface area contributed by atoms with E-state index in [0.29, 0.717) is 11.4 Å². The molecule has 5 nitrogen and oxygen atoms in total. The summed E-state index contributed by atoms with van der Waals surface area (Å²) in [6.07, 6.45) is -0.950. The summed E-state index contributed by atoms with van der Waals surface area (Å²) in [4.78, 5) is 24.9. The molecule has 138 valence electrons. The summed E-state index contributed by atoms with van der Waals surface area (Å²) in [6, 6.07) is 18.5. The molecule has 3 rings (SSSR count). The quantitative estimate of drug-likeness (QED) is 0.685. The lowest BCUT2D eigenvalue weighted by Gasteiger charge is -2.15. The van der Waals surface area contributed by atoms with Crippen molar-refractivity contribution in [2.24, 2.45) is 0 Å². The van der Waals surface area contributed by atoms with Gasteiger partial charge >= 0.3 is 5.97 Å². The molecule has 0 heterocycles. The average Bonchev–Trinajstić information content (AvgIpc) is 2.66. The van der Waals surface area contributed by atoms with Crippen molar-refractivity contribution in [2.45, 2.75) is 20.0 Å². The highest BCUT2D eigenvalue weighted by molar-refractivity contribution is 6.01. The highest BCUT2D eigenvalue weighted by Gasteiger charge is 2.22. The molecule has 0 aliphatic rings. The van der Waals surface area contributed by atoms with Gasteiger partial charge in [0.25, 0.3) is 5.91 Å². The lowest BCUT2D eigenvalue weighted by Crippen LogP contribution is -2.30. The van der Waals surface area contributed by atoms with Crippen molar-refractivity contribution in [3.05, 3.63) is 71.8 Å². The first-order chi connectivity index (χ1) is 13.0. The summed E-state index contributed by atoms with van der Waals surface area (Å²) < 4.78 is 10.7. The number of rotatable bonds is 5. The molecule has 0 aliphatic heterocycles. The van der Waals surface area contributed by atoms with Crippen LogP contribution in [0.1, 0.15) is 22.8 Å². The molecule has 0 aromatic heterocycles. The third kappa shape index (κ3) is 4.26. The van der Waals surface area contributed by atoms with Gasteiger partial charge in [-0.15, -0.1) is 0 Å². The molecule has 0 saturated carbocycles. The van der Waals surface area contributed by atoms with Crippen LogP contribution in [0, 0.1) is 6.92 Å². The molecule has 3 aromatic rings. The van der Waals surface area contributed by atoms with Crippen molar-refractivity contribution in [3.63, 3.8) is 0 Å². The van der Waals surface area contributed by atoms with E-state index in [4.69, 9.17) is 9.47 Å². The van der Waals surface area contributed by atoms with E-state index in [1.807, 2.05) is 49.4 Å². The molecule has 1 amide bonds. The Bertz CT molecular complexity index is 997. The zero-order valence-electron chi connectivity index (χ0n) is 15.5. The van der Waals surface area contributed by atoms with Crippen LogP contribution in [0.25, 0.3) is 10.8 Å². The van der Waals surface area contributed by atoms with E-state index in [-0.39, 0.29) is 5.56 Å². The lowest BCUT2D eigenvalue weighted by molar-refractivity contribution is -0.123. The number of anilines is 1. The van der Waals surface area contributed by atoms with E-state index >= 15 is 0 Å². The van der Waals surface area contributed by atoms with Crippen LogP contribution in [0.2, 0.25) is 0 Å². The first kappa shape index (κ1) is 18.5. The minimum Gasteiger partial charge on any atom is -0.496 e. The van der Waals surface area contributed by atoms with Gasteiger partial charge in [0.15, 0.2) is 6.10 Å². The second-order valence-electron chi connectivity index (χ2n) is 6.31. The summed E-state index contributed by atoms with van der Waals surface area (Å²) in [5, 5.41) is 4.60. The van der Waals surface area contributed by atoms with E-state index in [0.717, 1.165) is 16.3 Å². The first-order valence-electron chi connectivity index (χ1n) is 8.63. The fourth-order valence-electron chi connectivity index (χ4n) is 2.79. The van der Waals surface area contributed by atoms with Crippen LogP contribution in [0.4, 0.5) is 5.69 Å². The molecule has 27 heavy (non-hydrogen) atoms. The Hall–Kier alpha value is -3.34. The van der Waals surface area contributed by atoms with Crippen molar-refractivity contribution in [1.29, 1.82) is 0 Å². The van der Waals surface area contributed by atoms with Gasteiger partial charge in [-0.25, -0.2) is 4.79 Å². The molecular formula is C22H21NO4. The molecule has 0 radical (unpaired) electrons. The highest BCUT2D eigenvalue weighted by Crippen LogP contribution is 2.27. The van der Waals surface area contributed by atoms with Crippen LogP contribution in [0.15, 0.2) is 60.7 Å². The minimum absolute atomic E-state index is 0.284. The van der Waals surface area contributed by atoms with Crippen LogP contribution in [-0.2, 0) is 9.53 Å². The number of amides is 1. The number of nitrogens with one attached hydrogen (secondary N) is 1. The van der Waals surface area contributed by atoms with Gasteiger partial charge in [-0.1, -0.05) is 36.4 Å². The molecule has 0 fully saturated rings. The standard InChI is InChI=1S/C22H21NO4/c1-14-7-6-10-18(11-14)23-21(24)15(2)27-22(25)19-12-16-8-4-5-9-17(16)13-20(19)26-3/h4-13,15H,1-3H3,(H,23,24). The van der Waals surface area contributed by atoms with Crippen molar-refractivity contribution in [1.82, 2.24) is 0 Å². The number of ether oxygens (including phenoxy) is 2. The largest absolute Gasteiger partial charge is 0.496 e. The first-order valence-corrected chi connectivity index (χ1v) is 8.63. The Kier molecular flexibility index (Phi) is 5.41. The second kappa shape index (κ2) is 7.91. The highest BCUT2D eigenvalue weighted by atomic mass is 16.5. The Balaban J connectivity index is 1.76. The number of benzene rings is 3. The van der Waals surface area contributed by atoms with Gasteiger partial charge in [-0.3, -0.25) is 4.79 Å². The van der Waals surface area contributed by atoms with Crippen LogP contribution in [0.5, 0.6) is 5.75 Å². The fourth-order valence-corrected chi connectivity index (χ4v) is 2.79. The van der Waals surface area contributed by atoms with Crippen LogP contribution >= 0.6 is 0 Å². The number of aryl methyl sites for hydroxylation is 1. The lowest BCUT2D eigenvalue weighted by atomic mass is 10.1. The predicted molar refractivity (Wildman–Crippen MR) is 105 cm³/mol. The number of fused-ring (bicyclic) bond motifs is 1. The van der Waals surface area contributed by atoms with Gasteiger partial charge in [0.2, 0.25) is 0 Å². The van der Waals surface area contributed by atoms with Crippen molar-refractivity contribution in [3.8, 4) is 5.75 Å². The number of methoxy groups -OCH3 is 1. The molecule has 0 saturated heterocycles. The summed E-state index contributed by atoms with van der Waals surface area (Å²) in [5.74, 6) is -0.594. The molecule has 0 bridgehead atoms. The van der Waals surface area contributed by atoms with E-state index < -0.39 is 18.0 Å². The summed E-state index contributed by atoms with van der Waals surface area (Å²) in [7, 11) is 1.49. The van der Waals surface area contributed by atoms with Gasteiger partial charge in [-0.2, -0.15) is 0 Å². The molecule has 1 atom stereocenters. The third-order valence-corrected chi connectivity index (χ3v) is 4.23. The number of hydrogen-bond acceptors (Lipinski definition) is 4.